The van der Waals surface area contributed by atoms with Crippen molar-refractivity contribution in [2.75, 3.05) is 0 Å². The zero-order chi connectivity index (χ0) is 23.9. The van der Waals surface area contributed by atoms with Crippen LogP contribution in [0.3, 0.4) is 0 Å². The van der Waals surface area contributed by atoms with E-state index in [-0.39, 0.29) is 6.17 Å². The fraction of sp³-hybridized carbons (Fsp3) is 0.500. The molecular formula is C28H39N7. The van der Waals surface area contributed by atoms with Gasteiger partial charge in [0.15, 0.2) is 5.82 Å². The predicted molar refractivity (Wildman–Crippen MR) is 140 cm³/mol. The van der Waals surface area contributed by atoms with Crippen LogP contribution in [-0.4, -0.2) is 14.8 Å². The fourth-order valence-corrected chi connectivity index (χ4v) is 5.37. The predicted octanol–water partition coefficient (Wildman–Crippen LogP) is 4.96. The number of rotatable bonds is 10. The van der Waals surface area contributed by atoms with Crippen LogP contribution in [0.4, 0.5) is 0 Å². The summed E-state index contributed by atoms with van der Waals surface area (Å²) in [5, 5.41) is 4.96. The van der Waals surface area contributed by atoms with Gasteiger partial charge in [-0.15, -0.1) is 0 Å². The highest BCUT2D eigenvalue weighted by molar-refractivity contribution is 5.68. The highest BCUT2D eigenvalue weighted by Gasteiger charge is 2.19. The average molecular weight is 474 g/mol. The lowest BCUT2D eigenvalue weighted by Crippen LogP contribution is -2.33. The van der Waals surface area contributed by atoms with E-state index >= 15 is 0 Å². The van der Waals surface area contributed by atoms with Gasteiger partial charge in [-0.25, -0.2) is 20.5 Å². The van der Waals surface area contributed by atoms with Crippen LogP contribution in [-0.2, 0) is 19.4 Å². The highest BCUT2D eigenvalue weighted by atomic mass is 15.8. The van der Waals surface area contributed by atoms with E-state index < -0.39 is 0 Å². The Morgan fingerprint density at radius 2 is 1.69 bits per heavy atom. The minimum absolute atomic E-state index is 0.00850. The monoisotopic (exact) mass is 473 g/mol. The summed E-state index contributed by atoms with van der Waals surface area (Å²) in [5.74, 6) is 3.04. The van der Waals surface area contributed by atoms with E-state index in [1.807, 2.05) is 0 Å². The molecule has 0 unspecified atom stereocenters. The SMILES string of the molecule is CCCCc1nc(CCC2CCCCC2)nn1Cc1ccc(-c2ccccc2C2NNNN2)cc1. The van der Waals surface area contributed by atoms with Crippen LogP contribution < -0.4 is 21.9 Å². The number of hydrogen-bond acceptors (Lipinski definition) is 6. The average Bonchev–Trinajstić information content (AvgIpc) is 3.58. The summed E-state index contributed by atoms with van der Waals surface area (Å²) in [5.41, 5.74) is 17.1. The third-order valence-electron chi connectivity index (χ3n) is 7.41. The lowest BCUT2D eigenvalue weighted by molar-refractivity contribution is 0.337. The number of nitrogens with zero attached hydrogens (tertiary/aromatic N) is 3. The molecule has 35 heavy (non-hydrogen) atoms. The maximum atomic E-state index is 4.98. The first-order chi connectivity index (χ1) is 17.3. The first kappa shape index (κ1) is 24.1. The summed E-state index contributed by atoms with van der Waals surface area (Å²) in [4.78, 5) is 4.98. The van der Waals surface area contributed by atoms with Gasteiger partial charge in [0.25, 0.3) is 0 Å². The van der Waals surface area contributed by atoms with Crippen LogP contribution in [0.2, 0.25) is 0 Å². The van der Waals surface area contributed by atoms with Crippen LogP contribution in [0.25, 0.3) is 11.1 Å². The number of hydrogen-bond donors (Lipinski definition) is 4. The molecule has 0 amide bonds. The molecule has 2 heterocycles. The Kier molecular flexibility index (Phi) is 8.21. The van der Waals surface area contributed by atoms with Crippen molar-refractivity contribution in [3.8, 4) is 11.1 Å². The van der Waals surface area contributed by atoms with Crippen LogP contribution in [0, 0.1) is 5.92 Å². The lowest BCUT2D eigenvalue weighted by atomic mass is 9.86. The molecule has 3 aromatic rings. The van der Waals surface area contributed by atoms with E-state index in [0.717, 1.165) is 43.4 Å². The normalized spacial score (nSPS) is 17.3. The summed E-state index contributed by atoms with van der Waals surface area (Å²) in [6.07, 6.45) is 12.6. The Balaban J connectivity index is 1.29. The van der Waals surface area contributed by atoms with Gasteiger partial charge in [0.1, 0.15) is 12.0 Å². The third kappa shape index (κ3) is 6.16. The maximum Gasteiger partial charge on any atom is 0.150 e. The Labute approximate surface area is 209 Å². The van der Waals surface area contributed by atoms with Gasteiger partial charge in [0.05, 0.1) is 6.54 Å². The van der Waals surface area contributed by atoms with Crippen LogP contribution >= 0.6 is 0 Å². The van der Waals surface area contributed by atoms with Gasteiger partial charge in [0.2, 0.25) is 0 Å². The second-order valence-electron chi connectivity index (χ2n) is 10.0. The van der Waals surface area contributed by atoms with Gasteiger partial charge in [-0.3, -0.25) is 0 Å². The van der Waals surface area contributed by atoms with Gasteiger partial charge in [-0.1, -0.05) is 94.0 Å². The summed E-state index contributed by atoms with van der Waals surface area (Å²) in [6, 6.07) is 17.4. The van der Waals surface area contributed by atoms with E-state index in [1.54, 1.807) is 0 Å². The molecular weight excluding hydrogens is 434 g/mol. The molecule has 2 fully saturated rings. The van der Waals surface area contributed by atoms with Gasteiger partial charge in [-0.05, 0) is 41.0 Å². The number of aromatic nitrogens is 3. The largest absolute Gasteiger partial charge is 0.245 e. The molecule has 1 saturated carbocycles. The smallest absolute Gasteiger partial charge is 0.150 e. The minimum atomic E-state index is 0.00850. The van der Waals surface area contributed by atoms with Gasteiger partial charge >= 0.3 is 0 Å². The molecule has 1 aromatic heterocycles. The standard InChI is InChI=1S/C28H39N7/c1-2-3-13-27-29-26(19-16-21-9-5-4-6-10-21)32-35(27)20-22-14-17-23(18-15-22)24-11-7-8-12-25(24)28-30-33-34-31-28/h7-8,11-12,14-15,17-18,21,28,30-31,33-34H,2-6,9-10,13,16,19-20H2,1H3. The number of nitrogens with one attached hydrogen (secondary N) is 4. The molecule has 186 valence electrons. The van der Waals surface area contributed by atoms with Gasteiger partial charge in [0, 0.05) is 12.8 Å². The number of aryl methyl sites for hydroxylation is 2. The summed E-state index contributed by atoms with van der Waals surface area (Å²) in [6.45, 7) is 3.01. The molecule has 1 saturated heterocycles. The summed E-state index contributed by atoms with van der Waals surface area (Å²) in [7, 11) is 0. The topological polar surface area (TPSA) is 78.8 Å². The lowest BCUT2D eigenvalue weighted by Gasteiger charge is -2.20. The summed E-state index contributed by atoms with van der Waals surface area (Å²) < 4.78 is 2.15. The molecule has 7 nitrogen and oxygen atoms in total. The van der Waals surface area contributed by atoms with E-state index in [4.69, 9.17) is 10.1 Å². The molecule has 2 aliphatic rings. The van der Waals surface area contributed by atoms with E-state index in [1.165, 1.54) is 67.2 Å². The summed E-state index contributed by atoms with van der Waals surface area (Å²) >= 11 is 0. The molecule has 2 aromatic carbocycles. The molecule has 7 heteroatoms. The Morgan fingerprint density at radius 1 is 0.914 bits per heavy atom. The molecule has 1 aliphatic heterocycles. The Hall–Kier alpha value is -2.58. The molecule has 0 radical (unpaired) electrons. The molecule has 5 rings (SSSR count). The van der Waals surface area contributed by atoms with Gasteiger partial charge in [-0.2, -0.15) is 16.2 Å². The van der Waals surface area contributed by atoms with Crippen LogP contribution in [0.1, 0.15) is 87.2 Å². The van der Waals surface area contributed by atoms with Crippen molar-refractivity contribution >= 4 is 0 Å². The first-order valence-corrected chi connectivity index (χ1v) is 13.4. The Morgan fingerprint density at radius 3 is 2.46 bits per heavy atom. The zero-order valence-electron chi connectivity index (χ0n) is 20.9. The second kappa shape index (κ2) is 11.9. The van der Waals surface area contributed by atoms with Crippen molar-refractivity contribution in [1.82, 2.24) is 36.7 Å². The van der Waals surface area contributed by atoms with Gasteiger partial charge < -0.3 is 0 Å². The molecule has 4 N–H and O–H groups in total. The number of unbranched alkanes of at least 4 members (excludes halogenated alkanes) is 1. The molecule has 1 aliphatic carbocycles. The zero-order valence-corrected chi connectivity index (χ0v) is 20.9. The van der Waals surface area contributed by atoms with Crippen molar-refractivity contribution in [1.29, 1.82) is 0 Å². The fourth-order valence-electron chi connectivity index (χ4n) is 5.37. The van der Waals surface area contributed by atoms with E-state index in [9.17, 15) is 0 Å². The number of benzene rings is 2. The van der Waals surface area contributed by atoms with Crippen molar-refractivity contribution in [3.63, 3.8) is 0 Å². The maximum absolute atomic E-state index is 4.98. The first-order valence-electron chi connectivity index (χ1n) is 13.4. The molecule has 0 atom stereocenters. The van der Waals surface area contributed by atoms with Crippen molar-refractivity contribution < 1.29 is 0 Å². The Bertz CT molecular complexity index is 1060. The quantitative estimate of drug-likeness (QED) is 0.333. The minimum Gasteiger partial charge on any atom is -0.245 e. The van der Waals surface area contributed by atoms with E-state index in [2.05, 4.69) is 82.1 Å². The van der Waals surface area contributed by atoms with Crippen molar-refractivity contribution in [2.24, 2.45) is 5.92 Å². The van der Waals surface area contributed by atoms with Crippen LogP contribution in [0.15, 0.2) is 48.5 Å². The highest BCUT2D eigenvalue weighted by Crippen LogP contribution is 2.29. The van der Waals surface area contributed by atoms with Crippen molar-refractivity contribution in [3.05, 3.63) is 71.3 Å². The number of hydrazine groups is 3. The van der Waals surface area contributed by atoms with Crippen LogP contribution in [0.5, 0.6) is 0 Å². The third-order valence-corrected chi connectivity index (χ3v) is 7.41. The molecule has 0 spiro atoms. The molecule has 0 bridgehead atoms. The second-order valence-corrected chi connectivity index (χ2v) is 10.0. The van der Waals surface area contributed by atoms with E-state index in [0.29, 0.717) is 0 Å². The van der Waals surface area contributed by atoms with Crippen molar-refractivity contribution in [2.45, 2.75) is 83.8 Å².